The van der Waals surface area contributed by atoms with E-state index in [1.165, 1.54) is 23.9 Å². The summed E-state index contributed by atoms with van der Waals surface area (Å²) < 4.78 is 27.6. The van der Waals surface area contributed by atoms with Gasteiger partial charge in [-0.15, -0.1) is 0 Å². The molecule has 1 aliphatic heterocycles. The molecule has 1 aliphatic rings. The van der Waals surface area contributed by atoms with Gasteiger partial charge in [-0.05, 0) is 18.1 Å². The van der Waals surface area contributed by atoms with Crippen molar-refractivity contribution in [2.45, 2.75) is 19.9 Å². The van der Waals surface area contributed by atoms with E-state index in [9.17, 15) is 8.78 Å². The Morgan fingerprint density at radius 1 is 1.39 bits per heavy atom. The number of halogens is 3. The zero-order valence-corrected chi connectivity index (χ0v) is 12.4. The van der Waals surface area contributed by atoms with Crippen molar-refractivity contribution in [3.05, 3.63) is 28.2 Å². The van der Waals surface area contributed by atoms with Crippen molar-refractivity contribution in [3.8, 4) is 0 Å². The topological polar surface area (TPSA) is 24.4 Å². The van der Waals surface area contributed by atoms with Crippen LogP contribution in [0.15, 0.2) is 21.6 Å². The fourth-order valence-electron chi connectivity index (χ4n) is 1.57. The van der Waals surface area contributed by atoms with E-state index in [0.29, 0.717) is 15.6 Å². The van der Waals surface area contributed by atoms with Crippen molar-refractivity contribution in [1.29, 1.82) is 0 Å². The highest BCUT2D eigenvalue weighted by Crippen LogP contribution is 2.28. The van der Waals surface area contributed by atoms with E-state index >= 15 is 0 Å². The van der Waals surface area contributed by atoms with Gasteiger partial charge in [-0.1, -0.05) is 41.5 Å². The fourth-order valence-corrected chi connectivity index (χ4v) is 3.14. The fraction of sp³-hybridized carbons (Fsp3) is 0.417. The van der Waals surface area contributed by atoms with E-state index in [2.05, 4.69) is 40.1 Å². The van der Waals surface area contributed by atoms with Crippen LogP contribution in [-0.4, -0.2) is 17.0 Å². The summed E-state index contributed by atoms with van der Waals surface area (Å²) in [5, 5.41) is 3.31. The van der Waals surface area contributed by atoms with Crippen molar-refractivity contribution < 1.29 is 8.78 Å². The van der Waals surface area contributed by atoms with Crippen LogP contribution < -0.4 is 5.32 Å². The first kappa shape index (κ1) is 13.8. The zero-order chi connectivity index (χ0) is 13.3. The van der Waals surface area contributed by atoms with Crippen LogP contribution in [0, 0.1) is 17.6 Å². The lowest BCUT2D eigenvalue weighted by Crippen LogP contribution is -2.12. The molecule has 1 atom stereocenters. The Kier molecular flexibility index (Phi) is 4.27. The number of anilines is 1. The highest BCUT2D eigenvalue weighted by molar-refractivity contribution is 9.10. The van der Waals surface area contributed by atoms with Crippen LogP contribution in [0.2, 0.25) is 0 Å². The van der Waals surface area contributed by atoms with Gasteiger partial charge in [0.2, 0.25) is 0 Å². The molecule has 2 nitrogen and oxygen atoms in total. The second-order valence-corrected chi connectivity index (χ2v) is 6.35. The van der Waals surface area contributed by atoms with E-state index in [0.717, 1.165) is 5.75 Å². The number of nitrogens with one attached hydrogen (secondary N) is 1. The van der Waals surface area contributed by atoms with E-state index in [1.54, 1.807) is 0 Å². The smallest absolute Gasteiger partial charge is 0.161 e. The summed E-state index contributed by atoms with van der Waals surface area (Å²) in [6, 6.07) is 2.66. The number of amidine groups is 1. The number of rotatable bonds is 2. The first-order valence-corrected chi connectivity index (χ1v) is 7.37. The molecule has 1 aromatic rings. The molecule has 0 saturated heterocycles. The maximum Gasteiger partial charge on any atom is 0.161 e. The van der Waals surface area contributed by atoms with Gasteiger partial charge in [-0.3, -0.25) is 4.99 Å². The van der Waals surface area contributed by atoms with Crippen LogP contribution in [-0.2, 0) is 0 Å². The van der Waals surface area contributed by atoms with Crippen molar-refractivity contribution in [3.63, 3.8) is 0 Å². The number of thioether (sulfide) groups is 1. The Balaban J connectivity index is 2.18. The normalized spacial score (nSPS) is 19.2. The van der Waals surface area contributed by atoms with E-state index in [-0.39, 0.29) is 11.7 Å². The van der Waals surface area contributed by atoms with Crippen LogP contribution >= 0.6 is 27.7 Å². The Hall–Kier alpha value is -0.620. The molecular formula is C12H13BrF2N2S. The maximum atomic E-state index is 13.6. The maximum absolute atomic E-state index is 13.6. The average Bonchev–Trinajstić information content (AvgIpc) is 2.71. The summed E-state index contributed by atoms with van der Waals surface area (Å²) in [6.07, 6.45) is 0. The van der Waals surface area contributed by atoms with Gasteiger partial charge in [-0.2, -0.15) is 0 Å². The lowest BCUT2D eigenvalue weighted by atomic mass is 10.1. The molecule has 1 heterocycles. The first-order chi connectivity index (χ1) is 8.47. The number of nitrogens with zero attached hydrogens (tertiary/aromatic N) is 1. The molecule has 1 unspecified atom stereocenters. The minimum Gasteiger partial charge on any atom is -0.330 e. The van der Waals surface area contributed by atoms with Crippen molar-refractivity contribution in [2.75, 3.05) is 11.1 Å². The lowest BCUT2D eigenvalue weighted by molar-refractivity contribution is 0.543. The number of benzene rings is 1. The summed E-state index contributed by atoms with van der Waals surface area (Å²) in [6.45, 7) is 4.16. The van der Waals surface area contributed by atoms with Gasteiger partial charge in [0.15, 0.2) is 16.8 Å². The summed E-state index contributed by atoms with van der Waals surface area (Å²) in [4.78, 5) is 4.41. The molecule has 2 rings (SSSR count). The number of aliphatic imine (C=N–C) groups is 1. The summed E-state index contributed by atoms with van der Waals surface area (Å²) in [7, 11) is 0. The van der Waals surface area contributed by atoms with Crippen LogP contribution in [0.1, 0.15) is 13.8 Å². The number of hydrogen-bond donors (Lipinski definition) is 1. The van der Waals surface area contributed by atoms with Gasteiger partial charge < -0.3 is 5.32 Å². The third-order valence-corrected chi connectivity index (χ3v) is 4.13. The molecule has 0 fully saturated rings. The van der Waals surface area contributed by atoms with E-state index in [4.69, 9.17) is 0 Å². The van der Waals surface area contributed by atoms with Crippen LogP contribution in [0.4, 0.5) is 14.5 Å². The summed E-state index contributed by atoms with van der Waals surface area (Å²) in [5.41, 5.74) is -0.145. The SMILES string of the molecule is CC(C)C1CSC(Nc2c(F)cc(Br)cc2F)=N1. The second kappa shape index (κ2) is 5.57. The summed E-state index contributed by atoms with van der Waals surface area (Å²) in [5.74, 6) is 0.0208. The molecule has 18 heavy (non-hydrogen) atoms. The Labute approximate surface area is 117 Å². The molecule has 0 bridgehead atoms. The Morgan fingerprint density at radius 3 is 2.50 bits per heavy atom. The second-order valence-electron chi connectivity index (χ2n) is 4.43. The molecule has 0 saturated carbocycles. The van der Waals surface area contributed by atoms with Gasteiger partial charge >= 0.3 is 0 Å². The predicted molar refractivity (Wildman–Crippen MR) is 76.2 cm³/mol. The molecule has 6 heteroatoms. The third-order valence-electron chi connectivity index (χ3n) is 2.68. The largest absolute Gasteiger partial charge is 0.330 e. The lowest BCUT2D eigenvalue weighted by Gasteiger charge is -2.09. The minimum atomic E-state index is -0.627. The van der Waals surface area contributed by atoms with Gasteiger partial charge in [0.1, 0.15) is 5.69 Å². The first-order valence-electron chi connectivity index (χ1n) is 5.59. The molecule has 1 aromatic carbocycles. The zero-order valence-electron chi connectivity index (χ0n) is 10.0. The monoisotopic (exact) mass is 334 g/mol. The molecule has 0 radical (unpaired) electrons. The molecule has 0 aliphatic carbocycles. The summed E-state index contributed by atoms with van der Waals surface area (Å²) >= 11 is 4.53. The molecule has 1 N–H and O–H groups in total. The van der Waals surface area contributed by atoms with Gasteiger partial charge in [0, 0.05) is 10.2 Å². The predicted octanol–water partition coefficient (Wildman–Crippen LogP) is 4.27. The van der Waals surface area contributed by atoms with Crippen molar-refractivity contribution in [1.82, 2.24) is 0 Å². The van der Waals surface area contributed by atoms with Gasteiger partial charge in [0.25, 0.3) is 0 Å². The molecule has 0 amide bonds. The van der Waals surface area contributed by atoms with Crippen LogP contribution in [0.5, 0.6) is 0 Å². The van der Waals surface area contributed by atoms with E-state index < -0.39 is 11.6 Å². The average molecular weight is 335 g/mol. The quantitative estimate of drug-likeness (QED) is 0.873. The van der Waals surface area contributed by atoms with Crippen LogP contribution in [0.25, 0.3) is 0 Å². The standard InChI is InChI=1S/C12H13BrF2N2S/c1-6(2)10-5-18-12(16-10)17-11-8(14)3-7(13)4-9(11)15/h3-4,6,10H,5H2,1-2H3,(H,16,17). The molecular weight excluding hydrogens is 322 g/mol. The van der Waals surface area contributed by atoms with Crippen molar-refractivity contribution >= 4 is 38.5 Å². The number of hydrogen-bond acceptors (Lipinski definition) is 3. The highest BCUT2D eigenvalue weighted by atomic mass is 79.9. The molecule has 98 valence electrons. The van der Waals surface area contributed by atoms with E-state index in [1.807, 2.05) is 0 Å². The highest BCUT2D eigenvalue weighted by Gasteiger charge is 2.22. The Bertz CT molecular complexity index is 468. The van der Waals surface area contributed by atoms with Gasteiger partial charge in [-0.25, -0.2) is 8.78 Å². The van der Waals surface area contributed by atoms with Gasteiger partial charge in [0.05, 0.1) is 6.04 Å². The molecule has 0 spiro atoms. The third kappa shape index (κ3) is 3.03. The van der Waals surface area contributed by atoms with Crippen LogP contribution in [0.3, 0.4) is 0 Å². The Morgan fingerprint density at radius 2 is 2.00 bits per heavy atom. The van der Waals surface area contributed by atoms with Crippen molar-refractivity contribution in [2.24, 2.45) is 10.9 Å². The minimum absolute atomic E-state index is 0.145. The molecule has 0 aromatic heterocycles.